The molecule has 0 amide bonds. The van der Waals surface area contributed by atoms with Crippen molar-refractivity contribution in [2.24, 2.45) is 0 Å². The highest BCUT2D eigenvalue weighted by molar-refractivity contribution is 5.21. The summed E-state index contributed by atoms with van der Waals surface area (Å²) in [5.41, 5.74) is 1.30. The van der Waals surface area contributed by atoms with Crippen LogP contribution in [-0.2, 0) is 0 Å². The number of methoxy groups -OCH3 is 1. The molecule has 1 fully saturated rings. The molecule has 14 heavy (non-hydrogen) atoms. The minimum atomic E-state index is 0.549. The van der Waals surface area contributed by atoms with E-state index in [2.05, 4.69) is 23.0 Å². The van der Waals surface area contributed by atoms with Crippen LogP contribution in [0.25, 0.3) is 0 Å². The lowest BCUT2D eigenvalue weighted by Crippen LogP contribution is -2.17. The molecule has 0 N–H and O–H groups in total. The van der Waals surface area contributed by atoms with Gasteiger partial charge in [-0.05, 0) is 32.0 Å². The second-order valence-electron chi connectivity index (χ2n) is 3.77. The molecule has 1 aliphatic rings. The largest absolute Gasteiger partial charge is 0.481 e. The van der Waals surface area contributed by atoms with E-state index < -0.39 is 0 Å². The van der Waals surface area contributed by atoms with E-state index in [-0.39, 0.29) is 0 Å². The molecule has 1 aromatic rings. The Labute approximate surface area is 84.7 Å². The summed E-state index contributed by atoms with van der Waals surface area (Å²) in [6.07, 6.45) is 4.45. The van der Waals surface area contributed by atoms with Gasteiger partial charge in [-0.15, -0.1) is 0 Å². The van der Waals surface area contributed by atoms with Crippen LogP contribution >= 0.6 is 0 Å². The van der Waals surface area contributed by atoms with Gasteiger partial charge in [-0.25, -0.2) is 4.98 Å². The quantitative estimate of drug-likeness (QED) is 0.715. The normalized spacial score (nSPS) is 22.6. The molecule has 3 heteroatoms. The van der Waals surface area contributed by atoms with Crippen molar-refractivity contribution in [3.05, 3.63) is 23.9 Å². The summed E-state index contributed by atoms with van der Waals surface area (Å²) in [6.45, 7) is 1.19. The Balaban J connectivity index is 2.16. The Bertz CT molecular complexity index is 297. The number of likely N-dealkylation sites (tertiary alicyclic amines) is 1. The second-order valence-corrected chi connectivity index (χ2v) is 3.77. The fourth-order valence-electron chi connectivity index (χ4n) is 2.04. The van der Waals surface area contributed by atoms with E-state index in [1.807, 2.05) is 12.3 Å². The van der Waals surface area contributed by atoms with Crippen LogP contribution in [0.5, 0.6) is 5.88 Å². The molecule has 1 aliphatic heterocycles. The summed E-state index contributed by atoms with van der Waals surface area (Å²) < 4.78 is 5.03. The van der Waals surface area contributed by atoms with Crippen molar-refractivity contribution in [2.45, 2.75) is 18.9 Å². The third-order valence-corrected chi connectivity index (χ3v) is 2.87. The van der Waals surface area contributed by atoms with Crippen molar-refractivity contribution in [3.63, 3.8) is 0 Å². The first kappa shape index (κ1) is 9.46. The standard InChI is InChI=1S/C11H16N2O/c1-13-7-3-4-10(13)9-5-6-11(14-2)12-8-9/h5-6,8,10H,3-4,7H2,1-2H3. The zero-order chi connectivity index (χ0) is 9.97. The topological polar surface area (TPSA) is 25.4 Å². The lowest BCUT2D eigenvalue weighted by molar-refractivity contribution is 0.316. The Morgan fingerprint density at radius 2 is 2.36 bits per heavy atom. The minimum absolute atomic E-state index is 0.549. The number of pyridine rings is 1. The Morgan fingerprint density at radius 3 is 2.86 bits per heavy atom. The van der Waals surface area contributed by atoms with Crippen LogP contribution in [0.3, 0.4) is 0 Å². The van der Waals surface area contributed by atoms with Gasteiger partial charge in [-0.3, -0.25) is 4.90 Å². The summed E-state index contributed by atoms with van der Waals surface area (Å²) in [4.78, 5) is 6.61. The average Bonchev–Trinajstić information content (AvgIpc) is 2.65. The first-order chi connectivity index (χ1) is 6.81. The van der Waals surface area contributed by atoms with Gasteiger partial charge in [0.1, 0.15) is 0 Å². The zero-order valence-corrected chi connectivity index (χ0v) is 8.73. The fraction of sp³-hybridized carbons (Fsp3) is 0.545. The van der Waals surface area contributed by atoms with Gasteiger partial charge in [0.05, 0.1) is 7.11 Å². The van der Waals surface area contributed by atoms with Gasteiger partial charge in [0.2, 0.25) is 5.88 Å². The van der Waals surface area contributed by atoms with E-state index in [4.69, 9.17) is 4.74 Å². The summed E-state index contributed by atoms with van der Waals surface area (Å²) in [5.74, 6) is 0.689. The van der Waals surface area contributed by atoms with E-state index in [9.17, 15) is 0 Å². The molecule has 0 spiro atoms. The monoisotopic (exact) mass is 192 g/mol. The number of aromatic nitrogens is 1. The highest BCUT2D eigenvalue weighted by Gasteiger charge is 2.22. The number of hydrogen-bond acceptors (Lipinski definition) is 3. The zero-order valence-electron chi connectivity index (χ0n) is 8.73. The number of rotatable bonds is 2. The van der Waals surface area contributed by atoms with E-state index >= 15 is 0 Å². The molecule has 2 rings (SSSR count). The fourth-order valence-corrected chi connectivity index (χ4v) is 2.04. The number of nitrogens with zero attached hydrogens (tertiary/aromatic N) is 2. The lowest BCUT2D eigenvalue weighted by atomic mass is 10.1. The van der Waals surface area contributed by atoms with E-state index in [1.165, 1.54) is 24.9 Å². The van der Waals surface area contributed by atoms with Gasteiger partial charge >= 0.3 is 0 Å². The second kappa shape index (κ2) is 3.96. The Kier molecular flexibility index (Phi) is 2.68. The molecule has 1 saturated heterocycles. The van der Waals surface area contributed by atoms with Gasteiger partial charge in [-0.2, -0.15) is 0 Å². The van der Waals surface area contributed by atoms with Crippen LogP contribution < -0.4 is 4.74 Å². The van der Waals surface area contributed by atoms with Crippen LogP contribution in [0.4, 0.5) is 0 Å². The molecular formula is C11H16N2O. The maximum Gasteiger partial charge on any atom is 0.212 e. The molecule has 0 aliphatic carbocycles. The first-order valence-electron chi connectivity index (χ1n) is 5.01. The summed E-state index contributed by atoms with van der Waals surface area (Å²) in [7, 11) is 3.81. The van der Waals surface area contributed by atoms with Crippen molar-refractivity contribution >= 4 is 0 Å². The van der Waals surface area contributed by atoms with Crippen molar-refractivity contribution in [1.82, 2.24) is 9.88 Å². The maximum atomic E-state index is 5.03. The summed E-state index contributed by atoms with van der Waals surface area (Å²) >= 11 is 0. The third kappa shape index (κ3) is 1.73. The average molecular weight is 192 g/mol. The van der Waals surface area contributed by atoms with Crippen molar-refractivity contribution in [1.29, 1.82) is 0 Å². The molecule has 0 saturated carbocycles. The minimum Gasteiger partial charge on any atom is -0.481 e. The lowest BCUT2D eigenvalue weighted by Gasteiger charge is -2.19. The van der Waals surface area contributed by atoms with Crippen LogP contribution in [-0.4, -0.2) is 30.6 Å². The van der Waals surface area contributed by atoms with Crippen LogP contribution in [0.2, 0.25) is 0 Å². The predicted octanol–water partition coefficient (Wildman–Crippen LogP) is 1.86. The molecular weight excluding hydrogens is 176 g/mol. The highest BCUT2D eigenvalue weighted by atomic mass is 16.5. The van der Waals surface area contributed by atoms with Gasteiger partial charge in [-0.1, -0.05) is 6.07 Å². The molecule has 0 bridgehead atoms. The number of hydrogen-bond donors (Lipinski definition) is 0. The van der Waals surface area contributed by atoms with Crippen LogP contribution in [0, 0.1) is 0 Å². The van der Waals surface area contributed by atoms with Gasteiger partial charge < -0.3 is 4.74 Å². The van der Waals surface area contributed by atoms with Gasteiger partial charge in [0.15, 0.2) is 0 Å². The van der Waals surface area contributed by atoms with E-state index in [0.717, 1.165) is 0 Å². The molecule has 2 heterocycles. The third-order valence-electron chi connectivity index (χ3n) is 2.87. The van der Waals surface area contributed by atoms with Gasteiger partial charge in [0.25, 0.3) is 0 Å². The maximum absolute atomic E-state index is 5.03. The first-order valence-corrected chi connectivity index (χ1v) is 5.01. The molecule has 1 unspecified atom stereocenters. The van der Waals surface area contributed by atoms with Crippen molar-refractivity contribution in [3.8, 4) is 5.88 Å². The summed E-state index contributed by atoms with van der Waals surface area (Å²) in [5, 5.41) is 0. The highest BCUT2D eigenvalue weighted by Crippen LogP contribution is 2.30. The van der Waals surface area contributed by atoms with Crippen molar-refractivity contribution in [2.75, 3.05) is 20.7 Å². The SMILES string of the molecule is COc1ccc(C2CCCN2C)cn1. The molecule has 1 atom stereocenters. The van der Waals surface area contributed by atoms with Crippen LogP contribution in [0.15, 0.2) is 18.3 Å². The van der Waals surface area contributed by atoms with Gasteiger partial charge in [0, 0.05) is 18.3 Å². The van der Waals surface area contributed by atoms with Crippen LogP contribution in [0.1, 0.15) is 24.4 Å². The molecule has 3 nitrogen and oxygen atoms in total. The predicted molar refractivity (Wildman–Crippen MR) is 55.4 cm³/mol. The molecule has 76 valence electrons. The molecule has 0 radical (unpaired) electrons. The number of ether oxygens (including phenoxy) is 1. The molecule has 0 aromatic carbocycles. The Morgan fingerprint density at radius 1 is 1.50 bits per heavy atom. The summed E-state index contributed by atoms with van der Waals surface area (Å²) in [6, 6.07) is 4.59. The Hall–Kier alpha value is -1.09. The smallest absolute Gasteiger partial charge is 0.212 e. The van der Waals surface area contributed by atoms with E-state index in [0.29, 0.717) is 11.9 Å². The van der Waals surface area contributed by atoms with E-state index in [1.54, 1.807) is 7.11 Å². The van der Waals surface area contributed by atoms with Crippen molar-refractivity contribution < 1.29 is 4.74 Å². The molecule has 1 aromatic heterocycles.